The molecule has 5 nitrogen and oxygen atoms in total. The number of nitrogens with zero attached hydrogens (tertiary/aromatic N) is 1. The molecule has 0 saturated carbocycles. The number of sulfonamides is 1. The van der Waals surface area contributed by atoms with Crippen LogP contribution in [0, 0.1) is 0 Å². The third-order valence-corrected chi connectivity index (χ3v) is 5.03. The highest BCUT2D eigenvalue weighted by Crippen LogP contribution is 2.25. The fourth-order valence-electron chi connectivity index (χ4n) is 2.52. The van der Waals surface area contributed by atoms with Gasteiger partial charge < -0.3 is 5.73 Å². The number of hydrogen-bond acceptors (Lipinski definition) is 4. The van der Waals surface area contributed by atoms with Crippen LogP contribution in [0.4, 0.5) is 5.82 Å². The zero-order chi connectivity index (χ0) is 14.9. The number of nitrogens with one attached hydrogen (secondary N) is 1. The van der Waals surface area contributed by atoms with E-state index < -0.39 is 10.0 Å². The number of anilines is 1. The molecule has 0 amide bonds. The summed E-state index contributed by atoms with van der Waals surface area (Å²) in [4.78, 5) is 4.35. The first-order chi connectivity index (χ1) is 10.1. The van der Waals surface area contributed by atoms with Gasteiger partial charge in [-0.1, -0.05) is 12.1 Å². The van der Waals surface area contributed by atoms with E-state index in [1.165, 1.54) is 5.56 Å². The normalized spacial score (nSPS) is 14.0. The second kappa shape index (κ2) is 5.46. The number of fused-ring (bicyclic) bond motifs is 1. The predicted octanol–water partition coefficient (Wildman–Crippen LogP) is 1.83. The molecule has 1 aliphatic carbocycles. The van der Waals surface area contributed by atoms with Crippen LogP contribution >= 0.6 is 0 Å². The van der Waals surface area contributed by atoms with Crippen molar-refractivity contribution in [2.75, 3.05) is 4.72 Å². The van der Waals surface area contributed by atoms with E-state index in [1.54, 1.807) is 30.5 Å². The number of pyridine rings is 1. The van der Waals surface area contributed by atoms with E-state index in [1.807, 2.05) is 6.07 Å². The van der Waals surface area contributed by atoms with Gasteiger partial charge in [0.05, 0.1) is 4.90 Å². The molecule has 1 aromatic carbocycles. The first kappa shape index (κ1) is 14.0. The molecular weight excluding hydrogens is 286 g/mol. The van der Waals surface area contributed by atoms with Crippen LogP contribution in [-0.2, 0) is 29.4 Å². The van der Waals surface area contributed by atoms with Gasteiger partial charge in [0, 0.05) is 12.7 Å². The summed E-state index contributed by atoms with van der Waals surface area (Å²) in [6, 6.07) is 8.70. The molecule has 0 saturated heterocycles. The topological polar surface area (TPSA) is 85.1 Å². The molecule has 21 heavy (non-hydrogen) atoms. The number of benzene rings is 1. The highest BCUT2D eigenvalue weighted by Gasteiger charge is 2.18. The Balaban J connectivity index is 1.86. The summed E-state index contributed by atoms with van der Waals surface area (Å²) in [6.07, 6.45) is 4.64. The van der Waals surface area contributed by atoms with E-state index in [9.17, 15) is 8.42 Å². The smallest absolute Gasteiger partial charge is 0.263 e. The Morgan fingerprint density at radius 1 is 1.14 bits per heavy atom. The minimum atomic E-state index is -3.60. The summed E-state index contributed by atoms with van der Waals surface area (Å²) in [5, 5.41) is 0. The van der Waals surface area contributed by atoms with Crippen LogP contribution in [0.2, 0.25) is 0 Å². The zero-order valence-electron chi connectivity index (χ0n) is 11.5. The zero-order valence-corrected chi connectivity index (χ0v) is 12.4. The molecule has 3 N–H and O–H groups in total. The molecule has 6 heteroatoms. The maximum atomic E-state index is 12.4. The lowest BCUT2D eigenvalue weighted by Gasteiger charge is -2.09. The van der Waals surface area contributed by atoms with Crippen LogP contribution in [0.25, 0.3) is 0 Å². The van der Waals surface area contributed by atoms with Gasteiger partial charge in [0.25, 0.3) is 10.0 Å². The molecule has 0 fully saturated rings. The van der Waals surface area contributed by atoms with Crippen molar-refractivity contribution in [1.29, 1.82) is 0 Å². The van der Waals surface area contributed by atoms with E-state index in [4.69, 9.17) is 5.73 Å². The number of hydrogen-bond donors (Lipinski definition) is 2. The number of rotatable bonds is 4. The summed E-state index contributed by atoms with van der Waals surface area (Å²) < 4.78 is 27.3. The van der Waals surface area contributed by atoms with E-state index in [-0.39, 0.29) is 4.90 Å². The van der Waals surface area contributed by atoms with Crippen molar-refractivity contribution in [2.24, 2.45) is 5.73 Å². The number of aromatic nitrogens is 1. The first-order valence-electron chi connectivity index (χ1n) is 6.88. The van der Waals surface area contributed by atoms with E-state index >= 15 is 0 Å². The Kier molecular flexibility index (Phi) is 3.65. The van der Waals surface area contributed by atoms with Crippen molar-refractivity contribution in [3.8, 4) is 0 Å². The molecule has 0 aliphatic heterocycles. The largest absolute Gasteiger partial charge is 0.326 e. The van der Waals surface area contributed by atoms with Gasteiger partial charge in [0.1, 0.15) is 5.82 Å². The van der Waals surface area contributed by atoms with Crippen LogP contribution in [0.1, 0.15) is 23.1 Å². The standard InChI is InChI=1S/C15H17N3O2S/c16-9-11-4-7-15(17-10-11)18-21(19,20)14-6-5-12-2-1-3-13(12)8-14/h4-8,10H,1-3,9,16H2,(H,17,18). The monoisotopic (exact) mass is 303 g/mol. The van der Waals surface area contributed by atoms with Crippen LogP contribution in [-0.4, -0.2) is 13.4 Å². The van der Waals surface area contributed by atoms with E-state index in [0.717, 1.165) is 30.4 Å². The van der Waals surface area contributed by atoms with Crippen molar-refractivity contribution in [1.82, 2.24) is 4.98 Å². The Bertz CT molecular complexity index is 755. The lowest BCUT2D eigenvalue weighted by molar-refractivity contribution is 0.601. The maximum absolute atomic E-state index is 12.4. The second-order valence-electron chi connectivity index (χ2n) is 5.15. The molecule has 1 aromatic heterocycles. The minimum absolute atomic E-state index is 0.285. The summed E-state index contributed by atoms with van der Waals surface area (Å²) in [6.45, 7) is 0.380. The van der Waals surface area contributed by atoms with Gasteiger partial charge in [-0.05, 0) is 54.2 Å². The average molecular weight is 303 g/mol. The highest BCUT2D eigenvalue weighted by atomic mass is 32.2. The van der Waals surface area contributed by atoms with Crippen molar-refractivity contribution >= 4 is 15.8 Å². The van der Waals surface area contributed by atoms with Crippen LogP contribution in [0.3, 0.4) is 0 Å². The second-order valence-corrected chi connectivity index (χ2v) is 6.83. The SMILES string of the molecule is NCc1ccc(NS(=O)(=O)c2ccc3c(c2)CCC3)nc1. The van der Waals surface area contributed by atoms with Crippen LogP contribution in [0.15, 0.2) is 41.4 Å². The minimum Gasteiger partial charge on any atom is -0.326 e. The van der Waals surface area contributed by atoms with Gasteiger partial charge in [-0.15, -0.1) is 0 Å². The van der Waals surface area contributed by atoms with E-state index in [2.05, 4.69) is 9.71 Å². The summed E-state index contributed by atoms with van der Waals surface area (Å²) in [7, 11) is -3.60. The molecule has 0 atom stereocenters. The van der Waals surface area contributed by atoms with Crippen molar-refractivity contribution in [3.63, 3.8) is 0 Å². The van der Waals surface area contributed by atoms with Crippen LogP contribution < -0.4 is 10.5 Å². The highest BCUT2D eigenvalue weighted by molar-refractivity contribution is 7.92. The molecule has 2 aromatic rings. The molecule has 3 rings (SSSR count). The molecule has 110 valence electrons. The molecule has 0 unspecified atom stereocenters. The Morgan fingerprint density at radius 2 is 1.95 bits per heavy atom. The third kappa shape index (κ3) is 2.91. The molecular formula is C15H17N3O2S. The van der Waals surface area contributed by atoms with Gasteiger partial charge in [0.15, 0.2) is 0 Å². The molecule has 0 spiro atoms. The molecule has 0 radical (unpaired) electrons. The van der Waals surface area contributed by atoms with Gasteiger partial charge in [-0.2, -0.15) is 0 Å². The van der Waals surface area contributed by atoms with Crippen molar-refractivity contribution in [2.45, 2.75) is 30.7 Å². The number of nitrogens with two attached hydrogens (primary N) is 1. The van der Waals surface area contributed by atoms with Gasteiger partial charge >= 0.3 is 0 Å². The Labute approximate surface area is 124 Å². The van der Waals surface area contributed by atoms with Crippen molar-refractivity contribution in [3.05, 3.63) is 53.2 Å². The lowest BCUT2D eigenvalue weighted by Crippen LogP contribution is -2.14. The van der Waals surface area contributed by atoms with Gasteiger partial charge in [-0.25, -0.2) is 13.4 Å². The lowest BCUT2D eigenvalue weighted by atomic mass is 10.1. The summed E-state index contributed by atoms with van der Waals surface area (Å²) in [5.74, 6) is 0.299. The number of aryl methyl sites for hydroxylation is 2. The van der Waals surface area contributed by atoms with Gasteiger partial charge in [0.2, 0.25) is 0 Å². The fourth-order valence-corrected chi connectivity index (χ4v) is 3.58. The Morgan fingerprint density at radius 3 is 2.67 bits per heavy atom. The fraction of sp³-hybridized carbons (Fsp3) is 0.267. The average Bonchev–Trinajstić information content (AvgIpc) is 2.95. The first-order valence-corrected chi connectivity index (χ1v) is 8.36. The Hall–Kier alpha value is -1.92. The molecule has 1 aliphatic rings. The maximum Gasteiger partial charge on any atom is 0.263 e. The van der Waals surface area contributed by atoms with E-state index in [0.29, 0.717) is 12.4 Å². The summed E-state index contributed by atoms with van der Waals surface area (Å²) >= 11 is 0. The van der Waals surface area contributed by atoms with Crippen LogP contribution in [0.5, 0.6) is 0 Å². The van der Waals surface area contributed by atoms with Crippen molar-refractivity contribution < 1.29 is 8.42 Å². The summed E-state index contributed by atoms with van der Waals surface area (Å²) in [5.41, 5.74) is 8.73. The van der Waals surface area contributed by atoms with Gasteiger partial charge in [-0.3, -0.25) is 4.72 Å². The quantitative estimate of drug-likeness (QED) is 0.902. The molecule has 1 heterocycles. The molecule has 0 bridgehead atoms. The third-order valence-electron chi connectivity index (χ3n) is 3.68. The predicted molar refractivity (Wildman–Crippen MR) is 81.4 cm³/mol.